The van der Waals surface area contributed by atoms with E-state index < -0.39 is 0 Å². The average Bonchev–Trinajstić information content (AvgIpc) is 3.39. The molecule has 0 saturated carbocycles. The first-order chi connectivity index (χ1) is 13.4. The molecular formula is C21H22N6. The monoisotopic (exact) mass is 358 g/mol. The SMILES string of the molecule is c1ccc2c(c1)CCN2c1cnnc(Nc2ccc(N3CCCC3)cc2)n1. The minimum Gasteiger partial charge on any atom is -0.372 e. The van der Waals surface area contributed by atoms with Gasteiger partial charge in [0.1, 0.15) is 0 Å². The number of benzene rings is 2. The van der Waals surface area contributed by atoms with Crippen molar-refractivity contribution < 1.29 is 0 Å². The maximum Gasteiger partial charge on any atom is 0.249 e. The van der Waals surface area contributed by atoms with Crippen molar-refractivity contribution in [2.24, 2.45) is 0 Å². The van der Waals surface area contributed by atoms with Crippen molar-refractivity contribution in [3.63, 3.8) is 0 Å². The molecule has 0 aliphatic carbocycles. The third kappa shape index (κ3) is 3.18. The van der Waals surface area contributed by atoms with Crippen molar-refractivity contribution in [2.45, 2.75) is 19.3 Å². The lowest BCUT2D eigenvalue weighted by molar-refractivity contribution is 0.920. The summed E-state index contributed by atoms with van der Waals surface area (Å²) in [5.41, 5.74) is 4.81. The lowest BCUT2D eigenvalue weighted by Gasteiger charge is -2.19. The summed E-state index contributed by atoms with van der Waals surface area (Å²) in [6.07, 6.45) is 5.32. The number of nitrogens with one attached hydrogen (secondary N) is 1. The highest BCUT2D eigenvalue weighted by molar-refractivity contribution is 5.68. The van der Waals surface area contributed by atoms with Gasteiger partial charge in [0.25, 0.3) is 0 Å². The lowest BCUT2D eigenvalue weighted by atomic mass is 10.2. The molecule has 2 aliphatic rings. The van der Waals surface area contributed by atoms with E-state index in [-0.39, 0.29) is 0 Å². The van der Waals surface area contributed by atoms with Crippen LogP contribution in [-0.4, -0.2) is 34.8 Å². The minimum atomic E-state index is 0.519. The van der Waals surface area contributed by atoms with Crippen LogP contribution in [0, 0.1) is 0 Å². The topological polar surface area (TPSA) is 57.2 Å². The van der Waals surface area contributed by atoms with Gasteiger partial charge >= 0.3 is 0 Å². The molecule has 1 aromatic heterocycles. The van der Waals surface area contributed by atoms with E-state index in [0.717, 1.165) is 37.6 Å². The average molecular weight is 358 g/mol. The van der Waals surface area contributed by atoms with Gasteiger partial charge in [-0.1, -0.05) is 18.2 Å². The van der Waals surface area contributed by atoms with Crippen LogP contribution in [0.1, 0.15) is 18.4 Å². The summed E-state index contributed by atoms with van der Waals surface area (Å²) in [5.74, 6) is 1.34. The fraction of sp³-hybridized carbons (Fsp3) is 0.286. The molecule has 27 heavy (non-hydrogen) atoms. The summed E-state index contributed by atoms with van der Waals surface area (Å²) in [5, 5.41) is 11.6. The predicted octanol–water partition coefficient (Wildman–Crippen LogP) is 3.91. The number of nitrogens with zero attached hydrogens (tertiary/aromatic N) is 5. The van der Waals surface area contributed by atoms with Gasteiger partial charge in [0, 0.05) is 36.7 Å². The Labute approximate surface area is 158 Å². The van der Waals surface area contributed by atoms with Gasteiger partial charge in [-0.2, -0.15) is 10.1 Å². The Morgan fingerprint density at radius 1 is 0.889 bits per heavy atom. The summed E-state index contributed by atoms with van der Waals surface area (Å²) >= 11 is 0. The summed E-state index contributed by atoms with van der Waals surface area (Å²) in [7, 11) is 0. The Morgan fingerprint density at radius 2 is 1.70 bits per heavy atom. The molecule has 6 nitrogen and oxygen atoms in total. The van der Waals surface area contributed by atoms with Gasteiger partial charge in [-0.05, 0) is 55.2 Å². The molecule has 0 radical (unpaired) electrons. The van der Waals surface area contributed by atoms with E-state index in [9.17, 15) is 0 Å². The van der Waals surface area contributed by atoms with Crippen LogP contribution in [-0.2, 0) is 6.42 Å². The van der Waals surface area contributed by atoms with E-state index in [4.69, 9.17) is 0 Å². The highest BCUT2D eigenvalue weighted by atomic mass is 15.3. The second-order valence-electron chi connectivity index (χ2n) is 7.03. The van der Waals surface area contributed by atoms with Crippen LogP contribution >= 0.6 is 0 Å². The molecule has 0 unspecified atom stereocenters. The summed E-state index contributed by atoms with van der Waals surface area (Å²) in [6.45, 7) is 3.22. The Morgan fingerprint density at radius 3 is 2.56 bits per heavy atom. The molecule has 2 aromatic carbocycles. The van der Waals surface area contributed by atoms with Gasteiger partial charge in [-0.25, -0.2) is 0 Å². The minimum absolute atomic E-state index is 0.519. The maximum absolute atomic E-state index is 4.68. The summed E-state index contributed by atoms with van der Waals surface area (Å²) in [4.78, 5) is 9.30. The predicted molar refractivity (Wildman–Crippen MR) is 108 cm³/mol. The molecule has 0 spiro atoms. The molecule has 6 heteroatoms. The van der Waals surface area contributed by atoms with Crippen LogP contribution < -0.4 is 15.1 Å². The number of para-hydroxylation sites is 1. The van der Waals surface area contributed by atoms with Crippen molar-refractivity contribution in [3.8, 4) is 0 Å². The molecule has 1 saturated heterocycles. The number of fused-ring (bicyclic) bond motifs is 1. The third-order valence-corrected chi connectivity index (χ3v) is 5.30. The second-order valence-corrected chi connectivity index (χ2v) is 7.03. The van der Waals surface area contributed by atoms with E-state index in [1.165, 1.54) is 29.8 Å². The normalized spacial score (nSPS) is 15.9. The van der Waals surface area contributed by atoms with Gasteiger partial charge in [-0.3, -0.25) is 0 Å². The van der Waals surface area contributed by atoms with Crippen LogP contribution in [0.5, 0.6) is 0 Å². The first-order valence-electron chi connectivity index (χ1n) is 9.54. The molecule has 3 heterocycles. The number of hydrogen-bond acceptors (Lipinski definition) is 6. The van der Waals surface area contributed by atoms with Crippen LogP contribution in [0.2, 0.25) is 0 Å². The summed E-state index contributed by atoms with van der Waals surface area (Å²) < 4.78 is 0. The number of aromatic nitrogens is 3. The largest absolute Gasteiger partial charge is 0.372 e. The van der Waals surface area contributed by atoms with Crippen LogP contribution in [0.3, 0.4) is 0 Å². The van der Waals surface area contributed by atoms with Gasteiger partial charge in [0.05, 0.1) is 6.20 Å². The summed E-state index contributed by atoms with van der Waals surface area (Å²) in [6, 6.07) is 16.9. The second kappa shape index (κ2) is 6.87. The van der Waals surface area contributed by atoms with Gasteiger partial charge < -0.3 is 15.1 Å². The fourth-order valence-electron chi connectivity index (χ4n) is 3.91. The molecule has 0 bridgehead atoms. The van der Waals surface area contributed by atoms with Gasteiger partial charge in [0.2, 0.25) is 5.95 Å². The van der Waals surface area contributed by atoms with Crippen molar-refractivity contribution in [3.05, 3.63) is 60.3 Å². The van der Waals surface area contributed by atoms with E-state index >= 15 is 0 Å². The van der Waals surface area contributed by atoms with Crippen molar-refractivity contribution >= 4 is 28.8 Å². The highest BCUT2D eigenvalue weighted by Crippen LogP contribution is 2.33. The van der Waals surface area contributed by atoms with E-state index in [1.54, 1.807) is 6.20 Å². The molecule has 0 atom stereocenters. The third-order valence-electron chi connectivity index (χ3n) is 5.30. The fourth-order valence-corrected chi connectivity index (χ4v) is 3.91. The number of rotatable bonds is 4. The smallest absolute Gasteiger partial charge is 0.249 e. The lowest BCUT2D eigenvalue weighted by Crippen LogP contribution is -2.17. The van der Waals surface area contributed by atoms with E-state index in [2.05, 4.69) is 78.8 Å². The first kappa shape index (κ1) is 16.1. The van der Waals surface area contributed by atoms with Crippen molar-refractivity contribution in [1.82, 2.24) is 15.2 Å². The Bertz CT molecular complexity index is 933. The standard InChI is InChI=1S/C21H22N6/c1-2-6-19-16(5-1)11-14-27(19)20-15-22-25-21(24-20)23-17-7-9-18(10-8-17)26-12-3-4-13-26/h1-2,5-10,15H,3-4,11-14H2,(H,23,24,25). The molecular weight excluding hydrogens is 336 g/mol. The highest BCUT2D eigenvalue weighted by Gasteiger charge is 2.21. The van der Waals surface area contributed by atoms with Crippen LogP contribution in [0.25, 0.3) is 0 Å². The number of anilines is 5. The quantitative estimate of drug-likeness (QED) is 0.763. The molecule has 1 fully saturated rings. The van der Waals surface area contributed by atoms with E-state index in [0.29, 0.717) is 5.95 Å². The first-order valence-corrected chi connectivity index (χ1v) is 9.54. The Hall–Kier alpha value is -3.15. The maximum atomic E-state index is 4.68. The zero-order chi connectivity index (χ0) is 18.1. The Balaban J connectivity index is 1.34. The van der Waals surface area contributed by atoms with E-state index in [1.807, 2.05) is 0 Å². The molecule has 5 rings (SSSR count). The Kier molecular flexibility index (Phi) is 4.08. The van der Waals surface area contributed by atoms with Crippen molar-refractivity contribution in [1.29, 1.82) is 0 Å². The molecule has 2 aliphatic heterocycles. The van der Waals surface area contributed by atoms with Gasteiger partial charge in [0.15, 0.2) is 5.82 Å². The zero-order valence-electron chi connectivity index (χ0n) is 15.2. The van der Waals surface area contributed by atoms with Gasteiger partial charge in [-0.15, -0.1) is 5.10 Å². The van der Waals surface area contributed by atoms with Crippen LogP contribution in [0.15, 0.2) is 54.7 Å². The molecule has 0 amide bonds. The molecule has 3 aromatic rings. The number of hydrogen-bond donors (Lipinski definition) is 1. The molecule has 136 valence electrons. The zero-order valence-corrected chi connectivity index (χ0v) is 15.2. The van der Waals surface area contributed by atoms with Crippen LogP contribution in [0.4, 0.5) is 28.8 Å². The molecule has 1 N–H and O–H groups in total. The van der Waals surface area contributed by atoms with Crippen molar-refractivity contribution in [2.75, 3.05) is 34.8 Å².